The second kappa shape index (κ2) is 5.34. The van der Waals surface area contributed by atoms with E-state index < -0.39 is 5.91 Å². The lowest BCUT2D eigenvalue weighted by Gasteiger charge is -2.07. The van der Waals surface area contributed by atoms with Gasteiger partial charge in [0.1, 0.15) is 11.6 Å². The third-order valence-corrected chi connectivity index (χ3v) is 2.69. The number of hydrogen-bond acceptors (Lipinski definition) is 5. The van der Waals surface area contributed by atoms with Crippen molar-refractivity contribution in [2.75, 3.05) is 11.9 Å². The monoisotopic (exact) mass is 262 g/mol. The average molecular weight is 262 g/mol. The number of rotatable bonds is 5. The fraction of sp³-hybridized carbons (Fsp3) is 0.273. The standard InChI is InChI=1S/C11H14N6O2/c1-17-8(15-16-11(17)19)4-6-14-10-7(9(12)18)3-2-5-13-10/h2-3,5H,4,6H2,1H3,(H2,12,18)(H,13,14)(H,16,19). The number of anilines is 1. The molecule has 2 rings (SSSR count). The molecule has 100 valence electrons. The SMILES string of the molecule is Cn1c(CCNc2ncccc2C(N)=O)n[nH]c1=O. The first-order valence-electron chi connectivity index (χ1n) is 5.68. The first-order valence-corrected chi connectivity index (χ1v) is 5.68. The van der Waals surface area contributed by atoms with Crippen molar-refractivity contribution >= 4 is 11.7 Å². The Labute approximate surface area is 108 Å². The van der Waals surface area contributed by atoms with Crippen LogP contribution in [0.25, 0.3) is 0 Å². The van der Waals surface area contributed by atoms with Crippen molar-refractivity contribution in [3.8, 4) is 0 Å². The highest BCUT2D eigenvalue weighted by atomic mass is 16.2. The molecule has 0 bridgehead atoms. The Balaban J connectivity index is 2.02. The van der Waals surface area contributed by atoms with E-state index in [2.05, 4.69) is 20.5 Å². The fourth-order valence-electron chi connectivity index (χ4n) is 1.64. The lowest BCUT2D eigenvalue weighted by Crippen LogP contribution is -2.18. The van der Waals surface area contributed by atoms with Crippen molar-refractivity contribution in [2.24, 2.45) is 12.8 Å². The molecule has 8 heteroatoms. The summed E-state index contributed by atoms with van der Waals surface area (Å²) in [5.41, 5.74) is 5.32. The summed E-state index contributed by atoms with van der Waals surface area (Å²) in [6, 6.07) is 3.24. The number of aromatic amines is 1. The van der Waals surface area contributed by atoms with Crippen LogP contribution in [0.1, 0.15) is 16.2 Å². The van der Waals surface area contributed by atoms with E-state index >= 15 is 0 Å². The van der Waals surface area contributed by atoms with Gasteiger partial charge in [-0.05, 0) is 12.1 Å². The summed E-state index contributed by atoms with van der Waals surface area (Å²) in [5.74, 6) is 0.507. The lowest BCUT2D eigenvalue weighted by molar-refractivity contribution is 0.100. The normalized spacial score (nSPS) is 10.4. The molecule has 0 atom stereocenters. The summed E-state index contributed by atoms with van der Waals surface area (Å²) in [6.07, 6.45) is 2.09. The van der Waals surface area contributed by atoms with Crippen LogP contribution in [0, 0.1) is 0 Å². The number of carbonyl (C=O) groups is 1. The quantitative estimate of drug-likeness (QED) is 0.655. The largest absolute Gasteiger partial charge is 0.369 e. The Morgan fingerprint density at radius 2 is 2.37 bits per heavy atom. The average Bonchev–Trinajstić information content (AvgIpc) is 2.71. The minimum Gasteiger partial charge on any atom is -0.369 e. The summed E-state index contributed by atoms with van der Waals surface area (Å²) in [6.45, 7) is 0.482. The smallest absolute Gasteiger partial charge is 0.343 e. The molecule has 0 unspecified atom stereocenters. The van der Waals surface area contributed by atoms with Crippen LogP contribution in [0.4, 0.5) is 5.82 Å². The van der Waals surface area contributed by atoms with Gasteiger partial charge in [-0.15, -0.1) is 0 Å². The van der Waals surface area contributed by atoms with Gasteiger partial charge in [0.25, 0.3) is 5.91 Å². The highest BCUT2D eigenvalue weighted by molar-refractivity contribution is 5.97. The van der Waals surface area contributed by atoms with Crippen LogP contribution >= 0.6 is 0 Å². The molecule has 2 aromatic heterocycles. The van der Waals surface area contributed by atoms with Crippen LogP contribution in [-0.4, -0.2) is 32.2 Å². The van der Waals surface area contributed by atoms with Crippen LogP contribution in [-0.2, 0) is 13.5 Å². The van der Waals surface area contributed by atoms with Crippen molar-refractivity contribution in [2.45, 2.75) is 6.42 Å². The molecule has 0 fully saturated rings. The Morgan fingerprint density at radius 1 is 1.58 bits per heavy atom. The van der Waals surface area contributed by atoms with E-state index in [1.54, 1.807) is 25.4 Å². The van der Waals surface area contributed by atoms with Gasteiger partial charge in [0, 0.05) is 26.2 Å². The molecule has 0 saturated carbocycles. The van der Waals surface area contributed by atoms with E-state index in [1.165, 1.54) is 4.57 Å². The molecule has 0 aromatic carbocycles. The molecule has 0 spiro atoms. The van der Waals surface area contributed by atoms with Gasteiger partial charge in [0.05, 0.1) is 5.56 Å². The molecule has 1 amide bonds. The van der Waals surface area contributed by atoms with Gasteiger partial charge in [-0.25, -0.2) is 14.9 Å². The second-order valence-electron chi connectivity index (χ2n) is 3.94. The molecule has 0 aliphatic rings. The van der Waals surface area contributed by atoms with Gasteiger partial charge in [-0.3, -0.25) is 9.36 Å². The molecular weight excluding hydrogens is 248 g/mol. The van der Waals surface area contributed by atoms with Gasteiger partial charge >= 0.3 is 5.69 Å². The number of nitrogens with zero attached hydrogens (tertiary/aromatic N) is 3. The third-order valence-electron chi connectivity index (χ3n) is 2.69. The van der Waals surface area contributed by atoms with Crippen LogP contribution in [0.15, 0.2) is 23.1 Å². The summed E-state index contributed by atoms with van der Waals surface area (Å²) < 4.78 is 1.43. The third kappa shape index (κ3) is 2.79. The fourth-order valence-corrected chi connectivity index (χ4v) is 1.64. The first-order chi connectivity index (χ1) is 9.09. The van der Waals surface area contributed by atoms with E-state index in [1.807, 2.05) is 0 Å². The number of nitrogens with two attached hydrogens (primary N) is 1. The number of hydrogen-bond donors (Lipinski definition) is 3. The van der Waals surface area contributed by atoms with E-state index in [9.17, 15) is 9.59 Å². The van der Waals surface area contributed by atoms with Gasteiger partial charge in [0.15, 0.2) is 0 Å². The van der Waals surface area contributed by atoms with Crippen LogP contribution in [0.3, 0.4) is 0 Å². The number of pyridine rings is 1. The predicted molar refractivity (Wildman–Crippen MR) is 68.8 cm³/mol. The van der Waals surface area contributed by atoms with Gasteiger partial charge in [-0.1, -0.05) is 0 Å². The number of carbonyl (C=O) groups excluding carboxylic acids is 1. The van der Waals surface area contributed by atoms with E-state index in [4.69, 9.17) is 5.73 Å². The van der Waals surface area contributed by atoms with Crippen molar-refractivity contribution in [3.05, 3.63) is 40.2 Å². The van der Waals surface area contributed by atoms with E-state index in [0.29, 0.717) is 30.2 Å². The van der Waals surface area contributed by atoms with Crippen molar-refractivity contribution in [1.82, 2.24) is 19.7 Å². The zero-order chi connectivity index (χ0) is 13.8. The summed E-state index contributed by atoms with van der Waals surface area (Å²) in [5, 5.41) is 9.23. The van der Waals surface area contributed by atoms with Crippen molar-refractivity contribution in [1.29, 1.82) is 0 Å². The van der Waals surface area contributed by atoms with Gasteiger partial charge in [-0.2, -0.15) is 5.10 Å². The van der Waals surface area contributed by atoms with E-state index in [-0.39, 0.29) is 5.69 Å². The number of aromatic nitrogens is 4. The Kier molecular flexibility index (Phi) is 3.60. The van der Waals surface area contributed by atoms with E-state index in [0.717, 1.165) is 0 Å². The number of H-pyrrole nitrogens is 1. The molecule has 0 radical (unpaired) electrons. The Hall–Kier alpha value is -2.64. The highest BCUT2D eigenvalue weighted by Crippen LogP contribution is 2.10. The number of amides is 1. The number of primary amides is 1. The number of nitrogens with one attached hydrogen (secondary N) is 2. The molecule has 4 N–H and O–H groups in total. The van der Waals surface area contributed by atoms with Gasteiger partial charge < -0.3 is 11.1 Å². The predicted octanol–water partition coefficient (Wildman–Crippen LogP) is -0.743. The van der Waals surface area contributed by atoms with Crippen molar-refractivity contribution < 1.29 is 4.79 Å². The summed E-state index contributed by atoms with van der Waals surface area (Å²) in [7, 11) is 1.64. The molecule has 19 heavy (non-hydrogen) atoms. The molecular formula is C11H14N6O2. The molecule has 2 heterocycles. The zero-order valence-electron chi connectivity index (χ0n) is 10.4. The Morgan fingerprint density at radius 3 is 3.00 bits per heavy atom. The summed E-state index contributed by atoms with van der Waals surface area (Å²) >= 11 is 0. The van der Waals surface area contributed by atoms with Crippen LogP contribution in [0.5, 0.6) is 0 Å². The van der Waals surface area contributed by atoms with Crippen LogP contribution < -0.4 is 16.7 Å². The van der Waals surface area contributed by atoms with Gasteiger partial charge in [0.2, 0.25) is 0 Å². The topological polar surface area (TPSA) is 119 Å². The maximum absolute atomic E-state index is 11.2. The molecule has 0 aliphatic carbocycles. The Bertz CT molecular complexity index is 645. The van der Waals surface area contributed by atoms with Crippen LogP contribution in [0.2, 0.25) is 0 Å². The zero-order valence-corrected chi connectivity index (χ0v) is 10.4. The maximum atomic E-state index is 11.2. The molecule has 8 nitrogen and oxygen atoms in total. The first kappa shape index (κ1) is 12.8. The molecule has 0 saturated heterocycles. The lowest BCUT2D eigenvalue weighted by atomic mass is 10.2. The summed E-state index contributed by atoms with van der Waals surface area (Å²) in [4.78, 5) is 26.4. The van der Waals surface area contributed by atoms with Crippen molar-refractivity contribution in [3.63, 3.8) is 0 Å². The minimum atomic E-state index is -0.539. The second-order valence-corrected chi connectivity index (χ2v) is 3.94. The molecule has 2 aromatic rings. The molecule has 0 aliphatic heterocycles. The highest BCUT2D eigenvalue weighted by Gasteiger charge is 2.09. The maximum Gasteiger partial charge on any atom is 0.343 e. The minimum absolute atomic E-state index is 0.259.